The summed E-state index contributed by atoms with van der Waals surface area (Å²) in [6.07, 6.45) is 0.224. The van der Waals surface area contributed by atoms with E-state index in [0.29, 0.717) is 22.3 Å². The molecular formula is C21H20N2O3S. The fraction of sp³-hybridized carbons (Fsp3) is 0.190. The second-order valence-corrected chi connectivity index (χ2v) is 6.92. The summed E-state index contributed by atoms with van der Waals surface area (Å²) in [6, 6.07) is 16.9. The minimum Gasteiger partial charge on any atom is -0.494 e. The van der Waals surface area contributed by atoms with Crippen LogP contribution in [0.15, 0.2) is 54.6 Å². The van der Waals surface area contributed by atoms with Crippen LogP contribution in [0.5, 0.6) is 5.75 Å². The summed E-state index contributed by atoms with van der Waals surface area (Å²) in [5.41, 5.74) is 2.33. The molecule has 27 heavy (non-hydrogen) atoms. The van der Waals surface area contributed by atoms with Crippen molar-refractivity contribution in [3.8, 4) is 17.0 Å². The number of carbonyl (C=O) groups excluding carboxylic acids is 2. The van der Waals surface area contributed by atoms with Crippen molar-refractivity contribution in [3.63, 3.8) is 0 Å². The first-order valence-electron chi connectivity index (χ1n) is 8.65. The number of amides is 1. The highest BCUT2D eigenvalue weighted by Gasteiger charge is 2.17. The summed E-state index contributed by atoms with van der Waals surface area (Å²) < 4.78 is 5.40. The lowest BCUT2D eigenvalue weighted by Gasteiger charge is -2.05. The number of hydrogen-bond donors (Lipinski definition) is 1. The molecule has 0 unspecified atom stereocenters. The SMILES string of the molecule is CCOc1ccc(CC(=O)Nc2nc(-c3ccccc3)c(C(C)=O)s2)cc1. The summed E-state index contributed by atoms with van der Waals surface area (Å²) in [5.74, 6) is 0.529. The molecule has 0 saturated carbocycles. The van der Waals surface area contributed by atoms with E-state index in [0.717, 1.165) is 16.9 Å². The largest absolute Gasteiger partial charge is 0.494 e. The molecule has 3 rings (SSSR count). The second-order valence-electron chi connectivity index (χ2n) is 5.92. The van der Waals surface area contributed by atoms with Crippen LogP contribution in [0, 0.1) is 0 Å². The van der Waals surface area contributed by atoms with Gasteiger partial charge in [0.2, 0.25) is 5.91 Å². The maximum absolute atomic E-state index is 12.4. The fourth-order valence-electron chi connectivity index (χ4n) is 2.62. The molecule has 1 N–H and O–H groups in total. The molecule has 0 atom stereocenters. The van der Waals surface area contributed by atoms with Crippen molar-refractivity contribution in [1.29, 1.82) is 0 Å². The lowest BCUT2D eigenvalue weighted by molar-refractivity contribution is -0.115. The molecule has 1 amide bonds. The number of nitrogens with zero attached hydrogens (tertiary/aromatic N) is 1. The van der Waals surface area contributed by atoms with Gasteiger partial charge in [-0.2, -0.15) is 0 Å². The van der Waals surface area contributed by atoms with E-state index in [1.165, 1.54) is 18.3 Å². The van der Waals surface area contributed by atoms with Gasteiger partial charge < -0.3 is 10.1 Å². The topological polar surface area (TPSA) is 68.3 Å². The number of rotatable bonds is 7. The van der Waals surface area contributed by atoms with Gasteiger partial charge in [0, 0.05) is 12.5 Å². The predicted molar refractivity (Wildman–Crippen MR) is 107 cm³/mol. The van der Waals surface area contributed by atoms with E-state index < -0.39 is 0 Å². The van der Waals surface area contributed by atoms with Crippen LogP contribution >= 0.6 is 11.3 Å². The van der Waals surface area contributed by atoms with Crippen LogP contribution in [0.2, 0.25) is 0 Å². The molecule has 138 valence electrons. The molecule has 0 saturated heterocycles. The minimum atomic E-state index is -0.178. The Morgan fingerprint density at radius 2 is 1.78 bits per heavy atom. The van der Waals surface area contributed by atoms with Crippen molar-refractivity contribution >= 4 is 28.2 Å². The summed E-state index contributed by atoms with van der Waals surface area (Å²) in [7, 11) is 0. The normalized spacial score (nSPS) is 10.4. The number of hydrogen-bond acceptors (Lipinski definition) is 5. The summed E-state index contributed by atoms with van der Waals surface area (Å²) >= 11 is 1.20. The second kappa shape index (κ2) is 8.60. The van der Waals surface area contributed by atoms with Crippen molar-refractivity contribution < 1.29 is 14.3 Å². The minimum absolute atomic E-state index is 0.0710. The van der Waals surface area contributed by atoms with Gasteiger partial charge in [0.25, 0.3) is 0 Å². The van der Waals surface area contributed by atoms with E-state index >= 15 is 0 Å². The van der Waals surface area contributed by atoms with Gasteiger partial charge in [-0.25, -0.2) is 4.98 Å². The van der Waals surface area contributed by atoms with E-state index in [-0.39, 0.29) is 18.1 Å². The number of aromatic nitrogens is 1. The highest BCUT2D eigenvalue weighted by molar-refractivity contribution is 7.18. The van der Waals surface area contributed by atoms with Crippen LogP contribution in [0.25, 0.3) is 11.3 Å². The molecule has 0 aliphatic heterocycles. The van der Waals surface area contributed by atoms with Crippen molar-refractivity contribution in [2.75, 3.05) is 11.9 Å². The zero-order valence-corrected chi connectivity index (χ0v) is 16.0. The van der Waals surface area contributed by atoms with Gasteiger partial charge in [0.05, 0.1) is 23.6 Å². The molecule has 1 aromatic heterocycles. The number of nitrogens with one attached hydrogen (secondary N) is 1. The van der Waals surface area contributed by atoms with Gasteiger partial charge in [-0.3, -0.25) is 9.59 Å². The zero-order valence-electron chi connectivity index (χ0n) is 15.2. The molecule has 2 aromatic carbocycles. The fourth-order valence-corrected chi connectivity index (χ4v) is 3.52. The maximum Gasteiger partial charge on any atom is 0.230 e. The third-order valence-corrected chi connectivity index (χ3v) is 4.91. The van der Waals surface area contributed by atoms with Gasteiger partial charge >= 0.3 is 0 Å². The Hall–Kier alpha value is -2.99. The summed E-state index contributed by atoms with van der Waals surface area (Å²) in [5, 5.41) is 3.23. The summed E-state index contributed by atoms with van der Waals surface area (Å²) in [6.45, 7) is 4.03. The first-order valence-corrected chi connectivity index (χ1v) is 9.47. The van der Waals surface area contributed by atoms with Crippen molar-refractivity contribution in [3.05, 3.63) is 65.0 Å². The standard InChI is InChI=1S/C21H20N2O3S/c1-3-26-17-11-9-15(10-12-17)13-18(25)22-21-23-19(20(27-21)14(2)24)16-7-5-4-6-8-16/h4-12H,3,13H2,1-2H3,(H,22,23,25). The van der Waals surface area contributed by atoms with Gasteiger partial charge in [0.15, 0.2) is 10.9 Å². The molecule has 0 fully saturated rings. The number of ether oxygens (including phenoxy) is 1. The predicted octanol–water partition coefficient (Wildman–Crippen LogP) is 4.59. The Labute approximate surface area is 162 Å². The Morgan fingerprint density at radius 3 is 2.41 bits per heavy atom. The highest BCUT2D eigenvalue weighted by Crippen LogP contribution is 2.31. The monoisotopic (exact) mass is 380 g/mol. The van der Waals surface area contributed by atoms with E-state index in [9.17, 15) is 9.59 Å². The van der Waals surface area contributed by atoms with E-state index in [4.69, 9.17) is 4.74 Å². The first-order chi connectivity index (χ1) is 13.1. The lowest BCUT2D eigenvalue weighted by atomic mass is 10.1. The van der Waals surface area contributed by atoms with Crippen molar-refractivity contribution in [1.82, 2.24) is 4.98 Å². The Morgan fingerprint density at radius 1 is 1.07 bits per heavy atom. The molecular weight excluding hydrogens is 360 g/mol. The number of anilines is 1. The molecule has 5 nitrogen and oxygen atoms in total. The Balaban J connectivity index is 1.73. The number of benzene rings is 2. The molecule has 1 heterocycles. The molecule has 6 heteroatoms. The van der Waals surface area contributed by atoms with Gasteiger partial charge in [-0.15, -0.1) is 0 Å². The van der Waals surface area contributed by atoms with Gasteiger partial charge in [-0.05, 0) is 24.6 Å². The number of carbonyl (C=O) groups is 2. The Kier molecular flexibility index (Phi) is 5.98. The molecule has 0 aliphatic carbocycles. The average Bonchev–Trinajstić information content (AvgIpc) is 3.08. The third kappa shape index (κ3) is 4.80. The van der Waals surface area contributed by atoms with Crippen LogP contribution in [0.3, 0.4) is 0 Å². The number of ketones is 1. The van der Waals surface area contributed by atoms with Gasteiger partial charge in [-0.1, -0.05) is 53.8 Å². The number of Topliss-reactive ketones (excluding diaryl/α,β-unsaturated/α-hetero) is 1. The van der Waals surface area contributed by atoms with Crippen LogP contribution in [-0.2, 0) is 11.2 Å². The Bertz CT molecular complexity index is 934. The highest BCUT2D eigenvalue weighted by atomic mass is 32.1. The van der Waals surface area contributed by atoms with Crippen LogP contribution in [-0.4, -0.2) is 23.3 Å². The van der Waals surface area contributed by atoms with Crippen LogP contribution in [0.1, 0.15) is 29.1 Å². The van der Waals surface area contributed by atoms with Crippen molar-refractivity contribution in [2.45, 2.75) is 20.3 Å². The molecule has 0 aliphatic rings. The quantitative estimate of drug-likeness (QED) is 0.609. The number of thiazole rings is 1. The van der Waals surface area contributed by atoms with Crippen LogP contribution in [0.4, 0.5) is 5.13 Å². The van der Waals surface area contributed by atoms with Gasteiger partial charge in [0.1, 0.15) is 5.75 Å². The molecule has 3 aromatic rings. The molecule has 0 bridgehead atoms. The van der Waals surface area contributed by atoms with E-state index in [1.807, 2.05) is 61.5 Å². The van der Waals surface area contributed by atoms with Crippen LogP contribution < -0.4 is 10.1 Å². The van der Waals surface area contributed by atoms with E-state index in [1.54, 1.807) is 0 Å². The van der Waals surface area contributed by atoms with Crippen molar-refractivity contribution in [2.24, 2.45) is 0 Å². The third-order valence-electron chi connectivity index (χ3n) is 3.84. The smallest absolute Gasteiger partial charge is 0.230 e. The zero-order chi connectivity index (χ0) is 19.2. The molecule has 0 spiro atoms. The maximum atomic E-state index is 12.4. The average molecular weight is 380 g/mol. The first kappa shape index (κ1) is 18.8. The lowest BCUT2D eigenvalue weighted by Crippen LogP contribution is -2.14. The van der Waals surface area contributed by atoms with E-state index in [2.05, 4.69) is 10.3 Å². The molecule has 0 radical (unpaired) electrons. The summed E-state index contributed by atoms with van der Waals surface area (Å²) in [4.78, 5) is 29.3.